The second kappa shape index (κ2) is 10.7. The van der Waals surface area contributed by atoms with Gasteiger partial charge < -0.3 is 19.4 Å². The molecule has 1 aromatic heterocycles. The van der Waals surface area contributed by atoms with Crippen LogP contribution in [0.5, 0.6) is 5.75 Å². The van der Waals surface area contributed by atoms with Gasteiger partial charge in [0.15, 0.2) is 5.76 Å². The summed E-state index contributed by atoms with van der Waals surface area (Å²) in [6.45, 7) is 1.56. The minimum atomic E-state index is -0.261. The van der Waals surface area contributed by atoms with Crippen molar-refractivity contribution < 1.29 is 13.9 Å². The Hall–Kier alpha value is -3.83. The molecule has 0 unspecified atom stereocenters. The summed E-state index contributed by atoms with van der Waals surface area (Å²) in [4.78, 5) is 15.0. The third kappa shape index (κ3) is 5.90. The van der Waals surface area contributed by atoms with Crippen molar-refractivity contribution in [3.63, 3.8) is 0 Å². The van der Waals surface area contributed by atoms with Gasteiger partial charge in [0, 0.05) is 18.7 Å². The Morgan fingerprint density at radius 1 is 0.879 bits per heavy atom. The molecule has 4 rings (SSSR count). The van der Waals surface area contributed by atoms with Crippen LogP contribution in [0.3, 0.4) is 0 Å². The van der Waals surface area contributed by atoms with Gasteiger partial charge in [-0.05, 0) is 54.5 Å². The number of amides is 1. The van der Waals surface area contributed by atoms with Crippen LogP contribution in [0.15, 0.2) is 95.6 Å². The quantitative estimate of drug-likeness (QED) is 0.372. The molecule has 0 aliphatic carbocycles. The van der Waals surface area contributed by atoms with Crippen LogP contribution < -0.4 is 10.1 Å². The molecule has 1 amide bonds. The van der Waals surface area contributed by atoms with Gasteiger partial charge in [-0.3, -0.25) is 4.79 Å². The zero-order valence-electron chi connectivity index (χ0n) is 19.0. The van der Waals surface area contributed by atoms with Crippen molar-refractivity contribution >= 4 is 5.91 Å². The lowest BCUT2D eigenvalue weighted by molar-refractivity contribution is 0.0919. The Balaban J connectivity index is 1.42. The molecule has 0 radical (unpaired) electrons. The molecule has 33 heavy (non-hydrogen) atoms. The van der Waals surface area contributed by atoms with E-state index >= 15 is 0 Å². The number of ether oxygens (including phenoxy) is 1. The number of rotatable bonds is 9. The number of hydrogen-bond donors (Lipinski definition) is 1. The van der Waals surface area contributed by atoms with Gasteiger partial charge in [-0.25, -0.2) is 0 Å². The van der Waals surface area contributed by atoms with Crippen LogP contribution in [0, 0.1) is 0 Å². The fourth-order valence-corrected chi connectivity index (χ4v) is 3.69. The highest BCUT2D eigenvalue weighted by atomic mass is 16.5. The van der Waals surface area contributed by atoms with Crippen LogP contribution in [0.2, 0.25) is 0 Å². The molecule has 0 fully saturated rings. The minimum absolute atomic E-state index is 0.261. The first-order valence-electron chi connectivity index (χ1n) is 10.9. The summed E-state index contributed by atoms with van der Waals surface area (Å²) in [5, 5.41) is 2.99. The normalized spacial score (nSPS) is 10.9. The van der Waals surface area contributed by atoms with Gasteiger partial charge in [0.2, 0.25) is 0 Å². The highest BCUT2D eigenvalue weighted by Gasteiger charge is 2.16. The van der Waals surface area contributed by atoms with E-state index in [0.29, 0.717) is 12.1 Å². The van der Waals surface area contributed by atoms with Crippen LogP contribution >= 0.6 is 0 Å². The molecule has 0 aliphatic heterocycles. The zero-order chi connectivity index (χ0) is 23.0. The molecule has 168 valence electrons. The average molecular weight is 441 g/mol. The van der Waals surface area contributed by atoms with Gasteiger partial charge in [-0.1, -0.05) is 66.7 Å². The van der Waals surface area contributed by atoms with Crippen LogP contribution in [0.1, 0.15) is 27.2 Å². The van der Waals surface area contributed by atoms with Crippen molar-refractivity contribution in [3.8, 4) is 16.9 Å². The number of carbonyl (C=O) groups is 1. The SMILES string of the molecule is CN(C)Cc1ccc(-c2ccccc2CNC(=O)c2occc2COc2ccccc2)cc1. The van der Waals surface area contributed by atoms with Gasteiger partial charge in [-0.2, -0.15) is 0 Å². The number of para-hydroxylation sites is 1. The molecule has 0 bridgehead atoms. The number of nitrogens with one attached hydrogen (secondary N) is 1. The summed E-state index contributed by atoms with van der Waals surface area (Å²) in [5.74, 6) is 0.759. The molecule has 3 aromatic carbocycles. The Kier molecular flexibility index (Phi) is 7.22. The molecule has 0 aliphatic rings. The van der Waals surface area contributed by atoms with E-state index in [1.807, 2.05) is 48.5 Å². The molecule has 0 saturated carbocycles. The summed E-state index contributed by atoms with van der Waals surface area (Å²) in [6.07, 6.45) is 1.52. The summed E-state index contributed by atoms with van der Waals surface area (Å²) in [5.41, 5.74) is 5.23. The van der Waals surface area contributed by atoms with Crippen molar-refractivity contribution in [1.82, 2.24) is 10.2 Å². The lowest BCUT2D eigenvalue weighted by Gasteiger charge is -2.13. The fraction of sp³-hybridized carbons (Fsp3) is 0.179. The summed E-state index contributed by atoms with van der Waals surface area (Å²) in [6, 6.07) is 27.9. The standard InChI is InChI=1S/C28H28N2O3/c1-30(2)19-21-12-14-22(15-13-21)26-11-7-6-8-23(26)18-29-28(31)27-24(16-17-32-27)20-33-25-9-4-3-5-10-25/h3-17H,18-20H2,1-2H3,(H,29,31). The van der Waals surface area contributed by atoms with E-state index in [1.165, 1.54) is 11.8 Å². The molecule has 5 nitrogen and oxygen atoms in total. The first-order chi connectivity index (χ1) is 16.1. The number of nitrogens with zero attached hydrogens (tertiary/aromatic N) is 1. The number of carbonyl (C=O) groups excluding carboxylic acids is 1. The maximum absolute atomic E-state index is 12.8. The lowest BCUT2D eigenvalue weighted by Crippen LogP contribution is -2.24. The van der Waals surface area contributed by atoms with Crippen molar-refractivity contribution in [2.45, 2.75) is 19.7 Å². The van der Waals surface area contributed by atoms with Gasteiger partial charge in [0.05, 0.1) is 6.26 Å². The summed E-state index contributed by atoms with van der Waals surface area (Å²) >= 11 is 0. The van der Waals surface area contributed by atoms with Crippen LogP contribution in [-0.4, -0.2) is 24.9 Å². The molecule has 1 N–H and O–H groups in total. The Bertz CT molecular complexity index is 1180. The van der Waals surface area contributed by atoms with E-state index < -0.39 is 0 Å². The average Bonchev–Trinajstić information content (AvgIpc) is 3.31. The highest BCUT2D eigenvalue weighted by molar-refractivity contribution is 5.93. The zero-order valence-corrected chi connectivity index (χ0v) is 19.0. The van der Waals surface area contributed by atoms with Crippen LogP contribution in [0.4, 0.5) is 0 Å². The Morgan fingerprint density at radius 2 is 1.61 bits per heavy atom. The second-order valence-corrected chi connectivity index (χ2v) is 8.15. The van der Waals surface area contributed by atoms with E-state index in [-0.39, 0.29) is 18.3 Å². The second-order valence-electron chi connectivity index (χ2n) is 8.15. The first kappa shape index (κ1) is 22.4. The van der Waals surface area contributed by atoms with E-state index in [4.69, 9.17) is 9.15 Å². The molecule has 4 aromatic rings. The van der Waals surface area contributed by atoms with Gasteiger partial charge >= 0.3 is 0 Å². The molecule has 0 spiro atoms. The maximum Gasteiger partial charge on any atom is 0.287 e. The third-order valence-electron chi connectivity index (χ3n) is 5.31. The molecular formula is C28H28N2O3. The Morgan fingerprint density at radius 3 is 2.36 bits per heavy atom. The van der Waals surface area contributed by atoms with E-state index in [0.717, 1.165) is 29.0 Å². The topological polar surface area (TPSA) is 54.7 Å². The largest absolute Gasteiger partial charge is 0.489 e. The van der Waals surface area contributed by atoms with Gasteiger partial charge in [-0.15, -0.1) is 0 Å². The van der Waals surface area contributed by atoms with E-state index in [9.17, 15) is 4.79 Å². The predicted octanol–water partition coefficient (Wildman–Crippen LogP) is 5.52. The van der Waals surface area contributed by atoms with Crippen molar-refractivity contribution in [2.75, 3.05) is 14.1 Å². The smallest absolute Gasteiger partial charge is 0.287 e. The van der Waals surface area contributed by atoms with Gasteiger partial charge in [0.1, 0.15) is 12.4 Å². The first-order valence-corrected chi connectivity index (χ1v) is 10.9. The highest BCUT2D eigenvalue weighted by Crippen LogP contribution is 2.25. The summed E-state index contributed by atoms with van der Waals surface area (Å²) < 4.78 is 11.2. The maximum atomic E-state index is 12.8. The lowest BCUT2D eigenvalue weighted by atomic mass is 9.98. The van der Waals surface area contributed by atoms with Crippen molar-refractivity contribution in [3.05, 3.63) is 114 Å². The predicted molar refractivity (Wildman–Crippen MR) is 130 cm³/mol. The molecule has 0 atom stereocenters. The van der Waals surface area contributed by atoms with E-state index in [2.05, 4.69) is 54.6 Å². The molecule has 5 heteroatoms. The Labute approximate surface area is 194 Å². The van der Waals surface area contributed by atoms with Crippen molar-refractivity contribution in [2.24, 2.45) is 0 Å². The number of benzene rings is 3. The minimum Gasteiger partial charge on any atom is -0.489 e. The van der Waals surface area contributed by atoms with Crippen LogP contribution in [-0.2, 0) is 19.7 Å². The third-order valence-corrected chi connectivity index (χ3v) is 5.31. The number of furan rings is 1. The number of hydrogen-bond acceptors (Lipinski definition) is 4. The fourth-order valence-electron chi connectivity index (χ4n) is 3.69. The molecular weight excluding hydrogens is 412 g/mol. The molecule has 0 saturated heterocycles. The summed E-state index contributed by atoms with van der Waals surface area (Å²) in [7, 11) is 4.12. The molecule has 1 heterocycles. The van der Waals surface area contributed by atoms with Gasteiger partial charge in [0.25, 0.3) is 5.91 Å². The van der Waals surface area contributed by atoms with E-state index in [1.54, 1.807) is 6.07 Å². The van der Waals surface area contributed by atoms with Crippen molar-refractivity contribution in [1.29, 1.82) is 0 Å². The van der Waals surface area contributed by atoms with Crippen LogP contribution in [0.25, 0.3) is 11.1 Å². The monoisotopic (exact) mass is 440 g/mol.